The number of fused-ring (bicyclic) bond motifs is 1. The molecule has 2 amide bonds. The molecule has 32 heavy (non-hydrogen) atoms. The summed E-state index contributed by atoms with van der Waals surface area (Å²) in [5.41, 5.74) is 2.49. The number of likely N-dealkylation sites (tertiary alicyclic amines) is 1. The number of carbonyl (C=O) groups is 2. The molecule has 2 aromatic carbocycles. The van der Waals surface area contributed by atoms with Gasteiger partial charge in [-0.05, 0) is 49.6 Å². The van der Waals surface area contributed by atoms with Gasteiger partial charge in [0.1, 0.15) is 6.61 Å². The molecule has 0 unspecified atom stereocenters. The van der Waals surface area contributed by atoms with Crippen molar-refractivity contribution in [1.82, 2.24) is 4.90 Å². The van der Waals surface area contributed by atoms with Crippen LogP contribution in [0.4, 0.5) is 29.3 Å². The predicted molar refractivity (Wildman–Crippen MR) is 113 cm³/mol. The fraction of sp³-hybridized carbons (Fsp3) is 0.391. The van der Waals surface area contributed by atoms with Crippen LogP contribution in [0.2, 0.25) is 0 Å². The molecule has 0 atom stereocenters. The lowest BCUT2D eigenvalue weighted by Crippen LogP contribution is -2.50. The van der Waals surface area contributed by atoms with E-state index in [1.807, 2.05) is 30.0 Å². The Morgan fingerprint density at radius 2 is 1.81 bits per heavy atom. The van der Waals surface area contributed by atoms with Crippen molar-refractivity contribution in [3.63, 3.8) is 0 Å². The standard InChI is InChI=1S/C23H24F3N3O3/c1-15-3-2-4-16-14-32-22(31)29(21(15)16)19-9-11-28(12-10-19)13-20(30)27-18-7-5-17(6-8-18)23(24,25)26/h2-8,19H,9-14H2,1H3,(H,27,30). The van der Waals surface area contributed by atoms with Crippen LogP contribution >= 0.6 is 0 Å². The number of halogens is 3. The van der Waals surface area contributed by atoms with Gasteiger partial charge in [0.25, 0.3) is 0 Å². The first kappa shape index (κ1) is 22.1. The van der Waals surface area contributed by atoms with Crippen molar-refractivity contribution in [3.05, 3.63) is 59.2 Å². The maximum Gasteiger partial charge on any atom is 0.416 e. The van der Waals surface area contributed by atoms with Crippen LogP contribution in [0.5, 0.6) is 0 Å². The Hall–Kier alpha value is -3.07. The molecule has 1 N–H and O–H groups in total. The Bertz CT molecular complexity index is 1000. The van der Waals surface area contributed by atoms with Crippen LogP contribution in [0.15, 0.2) is 42.5 Å². The molecule has 2 aliphatic heterocycles. The van der Waals surface area contributed by atoms with E-state index < -0.39 is 11.7 Å². The number of nitrogens with zero attached hydrogens (tertiary/aromatic N) is 2. The van der Waals surface area contributed by atoms with Gasteiger partial charge in [0.05, 0.1) is 17.8 Å². The fourth-order valence-corrected chi connectivity index (χ4v) is 4.29. The molecule has 0 aromatic heterocycles. The van der Waals surface area contributed by atoms with Crippen molar-refractivity contribution in [2.75, 3.05) is 29.9 Å². The van der Waals surface area contributed by atoms with E-state index in [4.69, 9.17) is 4.74 Å². The van der Waals surface area contributed by atoms with Gasteiger partial charge in [0.15, 0.2) is 0 Å². The Morgan fingerprint density at radius 3 is 2.47 bits per heavy atom. The average Bonchev–Trinajstić information content (AvgIpc) is 2.75. The molecule has 2 heterocycles. The summed E-state index contributed by atoms with van der Waals surface area (Å²) in [7, 11) is 0. The Labute approximate surface area is 183 Å². The topological polar surface area (TPSA) is 61.9 Å². The van der Waals surface area contributed by atoms with Crippen molar-refractivity contribution in [2.24, 2.45) is 0 Å². The summed E-state index contributed by atoms with van der Waals surface area (Å²) in [6.07, 6.45) is -3.37. The maximum absolute atomic E-state index is 12.7. The molecule has 0 saturated carbocycles. The second-order valence-corrected chi connectivity index (χ2v) is 8.14. The summed E-state index contributed by atoms with van der Waals surface area (Å²) in [4.78, 5) is 28.6. The number of amides is 2. The summed E-state index contributed by atoms with van der Waals surface area (Å²) in [5, 5.41) is 2.64. The van der Waals surface area contributed by atoms with Crippen LogP contribution < -0.4 is 10.2 Å². The number of anilines is 2. The number of para-hydroxylation sites is 1. The van der Waals surface area contributed by atoms with Crippen molar-refractivity contribution in [2.45, 2.75) is 38.6 Å². The Morgan fingerprint density at radius 1 is 1.12 bits per heavy atom. The molecule has 2 aromatic rings. The molecular formula is C23H24F3N3O3. The Kier molecular flexibility index (Phi) is 6.10. The van der Waals surface area contributed by atoms with Gasteiger partial charge < -0.3 is 10.1 Å². The zero-order chi connectivity index (χ0) is 22.9. The first-order chi connectivity index (χ1) is 15.2. The monoisotopic (exact) mass is 447 g/mol. The third-order valence-corrected chi connectivity index (χ3v) is 5.90. The third-order valence-electron chi connectivity index (χ3n) is 5.90. The third kappa shape index (κ3) is 4.72. The van der Waals surface area contributed by atoms with Crippen LogP contribution in [-0.2, 0) is 22.3 Å². The molecule has 6 nitrogen and oxygen atoms in total. The number of rotatable bonds is 4. The zero-order valence-electron chi connectivity index (χ0n) is 17.6. The lowest BCUT2D eigenvalue weighted by molar-refractivity contribution is -0.137. The van der Waals surface area contributed by atoms with Crippen LogP contribution in [0.1, 0.15) is 29.5 Å². The summed E-state index contributed by atoms with van der Waals surface area (Å²) in [6, 6.07) is 10.2. The fourth-order valence-electron chi connectivity index (χ4n) is 4.29. The zero-order valence-corrected chi connectivity index (χ0v) is 17.6. The van der Waals surface area contributed by atoms with Crippen LogP contribution in [0.3, 0.4) is 0 Å². The molecule has 0 radical (unpaired) electrons. The van der Waals surface area contributed by atoms with Crippen molar-refractivity contribution < 1.29 is 27.5 Å². The number of alkyl halides is 3. The van der Waals surface area contributed by atoms with Gasteiger partial charge in [-0.2, -0.15) is 13.2 Å². The van der Waals surface area contributed by atoms with Crippen LogP contribution in [0.25, 0.3) is 0 Å². The smallest absolute Gasteiger partial charge is 0.416 e. The second kappa shape index (κ2) is 8.82. The SMILES string of the molecule is Cc1cccc2c1N(C1CCN(CC(=O)Nc3ccc(C(F)(F)F)cc3)CC1)C(=O)OC2. The van der Waals surface area contributed by atoms with Gasteiger partial charge in [-0.3, -0.25) is 14.6 Å². The van der Waals surface area contributed by atoms with Gasteiger partial charge >= 0.3 is 12.3 Å². The van der Waals surface area contributed by atoms with Gasteiger partial charge in [0, 0.05) is 30.4 Å². The van der Waals surface area contributed by atoms with Crippen molar-refractivity contribution in [1.29, 1.82) is 0 Å². The number of hydrogen-bond acceptors (Lipinski definition) is 4. The summed E-state index contributed by atoms with van der Waals surface area (Å²) >= 11 is 0. The molecule has 2 aliphatic rings. The minimum atomic E-state index is -4.41. The van der Waals surface area contributed by atoms with E-state index in [-0.39, 0.29) is 31.2 Å². The molecule has 0 aliphatic carbocycles. The predicted octanol–water partition coefficient (Wildman–Crippen LogP) is 4.57. The molecule has 4 rings (SSSR count). The lowest BCUT2D eigenvalue weighted by atomic mass is 9.99. The van der Waals surface area contributed by atoms with Gasteiger partial charge in [-0.15, -0.1) is 0 Å². The Balaban J connectivity index is 1.33. The molecule has 0 bridgehead atoms. The molecular weight excluding hydrogens is 423 g/mol. The molecule has 9 heteroatoms. The number of benzene rings is 2. The quantitative estimate of drug-likeness (QED) is 0.746. The highest BCUT2D eigenvalue weighted by Gasteiger charge is 2.35. The molecule has 0 spiro atoms. The number of carbonyl (C=O) groups excluding carboxylic acids is 2. The highest BCUT2D eigenvalue weighted by atomic mass is 19.4. The van der Waals surface area contributed by atoms with E-state index in [2.05, 4.69) is 5.32 Å². The number of ether oxygens (including phenoxy) is 1. The van der Waals surface area contributed by atoms with Crippen LogP contribution in [0, 0.1) is 6.92 Å². The minimum absolute atomic E-state index is 0.0168. The normalized spacial score (nSPS) is 17.6. The van der Waals surface area contributed by atoms with E-state index in [9.17, 15) is 22.8 Å². The highest BCUT2D eigenvalue weighted by molar-refractivity contribution is 5.93. The number of aryl methyl sites for hydroxylation is 1. The summed E-state index contributed by atoms with van der Waals surface area (Å²) < 4.78 is 43.3. The van der Waals surface area contributed by atoms with E-state index in [0.29, 0.717) is 31.6 Å². The molecule has 1 saturated heterocycles. The van der Waals surface area contributed by atoms with Gasteiger partial charge in [-0.25, -0.2) is 4.79 Å². The first-order valence-corrected chi connectivity index (χ1v) is 10.5. The number of piperidine rings is 1. The van der Waals surface area contributed by atoms with Crippen LogP contribution in [-0.4, -0.2) is 42.6 Å². The van der Waals surface area contributed by atoms with E-state index in [1.165, 1.54) is 12.1 Å². The van der Waals surface area contributed by atoms with E-state index >= 15 is 0 Å². The summed E-state index contributed by atoms with van der Waals surface area (Å²) in [5.74, 6) is -0.290. The van der Waals surface area contributed by atoms with Gasteiger partial charge in [-0.1, -0.05) is 18.2 Å². The number of nitrogens with one attached hydrogen (secondary N) is 1. The minimum Gasteiger partial charge on any atom is -0.444 e. The van der Waals surface area contributed by atoms with Crippen molar-refractivity contribution >= 4 is 23.4 Å². The summed E-state index contributed by atoms with van der Waals surface area (Å²) in [6.45, 7) is 3.63. The average molecular weight is 447 g/mol. The first-order valence-electron chi connectivity index (χ1n) is 10.5. The second-order valence-electron chi connectivity index (χ2n) is 8.14. The van der Waals surface area contributed by atoms with Crippen molar-refractivity contribution in [3.8, 4) is 0 Å². The highest BCUT2D eigenvalue weighted by Crippen LogP contribution is 2.34. The number of cyclic esters (lactones) is 1. The van der Waals surface area contributed by atoms with E-state index in [0.717, 1.165) is 28.9 Å². The van der Waals surface area contributed by atoms with E-state index in [1.54, 1.807) is 4.90 Å². The molecule has 1 fully saturated rings. The largest absolute Gasteiger partial charge is 0.444 e. The molecule has 170 valence electrons. The number of hydrogen-bond donors (Lipinski definition) is 1. The maximum atomic E-state index is 12.7. The lowest BCUT2D eigenvalue weighted by Gasteiger charge is -2.40. The van der Waals surface area contributed by atoms with Gasteiger partial charge in [0.2, 0.25) is 5.91 Å².